The number of hydrogen-bond acceptors (Lipinski definition) is 3. The lowest BCUT2D eigenvalue weighted by Gasteiger charge is -2.26. The predicted octanol–water partition coefficient (Wildman–Crippen LogP) is 5.01. The Balaban J connectivity index is 1.57. The lowest BCUT2D eigenvalue weighted by Crippen LogP contribution is -2.37. The maximum Gasteiger partial charge on any atom is 0.264 e. The van der Waals surface area contributed by atoms with Gasteiger partial charge in [-0.3, -0.25) is 9.10 Å². The zero-order valence-corrected chi connectivity index (χ0v) is 19.4. The van der Waals surface area contributed by atoms with Gasteiger partial charge < -0.3 is 4.90 Å². The summed E-state index contributed by atoms with van der Waals surface area (Å²) in [6.45, 7) is 0.648. The molecule has 0 bridgehead atoms. The molecule has 1 aliphatic rings. The Bertz CT molecular complexity index is 1210. The third kappa shape index (κ3) is 4.52. The number of rotatable bonds is 6. The van der Waals surface area contributed by atoms with Crippen molar-refractivity contribution in [1.82, 2.24) is 4.90 Å². The zero-order valence-electron chi connectivity index (χ0n) is 17.8. The number of likely N-dealkylation sites (tertiary alicyclic amines) is 1. The van der Waals surface area contributed by atoms with E-state index in [-0.39, 0.29) is 16.8 Å². The number of benzene rings is 3. The van der Waals surface area contributed by atoms with Crippen LogP contribution >= 0.6 is 11.6 Å². The van der Waals surface area contributed by atoms with Gasteiger partial charge >= 0.3 is 0 Å². The molecule has 166 valence electrons. The summed E-state index contributed by atoms with van der Waals surface area (Å²) in [5, 5.41) is 0.698. The van der Waals surface area contributed by atoms with Crippen molar-refractivity contribution in [3.8, 4) is 0 Å². The summed E-state index contributed by atoms with van der Waals surface area (Å²) in [7, 11) is -2.28. The van der Waals surface area contributed by atoms with Gasteiger partial charge in [0.1, 0.15) is 0 Å². The molecule has 0 N–H and O–H groups in total. The Morgan fingerprint density at radius 2 is 1.75 bits per heavy atom. The molecule has 0 aromatic heterocycles. The molecule has 0 radical (unpaired) electrons. The van der Waals surface area contributed by atoms with E-state index in [1.54, 1.807) is 36.4 Å². The summed E-state index contributed by atoms with van der Waals surface area (Å²) in [5.74, 6) is -0.154. The molecule has 32 heavy (non-hydrogen) atoms. The van der Waals surface area contributed by atoms with E-state index >= 15 is 0 Å². The molecule has 1 saturated heterocycles. The Kier molecular flexibility index (Phi) is 6.53. The molecule has 0 aliphatic carbocycles. The Labute approximate surface area is 194 Å². The van der Waals surface area contributed by atoms with Crippen LogP contribution in [-0.4, -0.2) is 38.9 Å². The highest BCUT2D eigenvalue weighted by Crippen LogP contribution is 2.28. The quantitative estimate of drug-likeness (QED) is 0.510. The number of carbonyl (C=O) groups excluding carboxylic acids is 1. The third-order valence-corrected chi connectivity index (χ3v) is 8.06. The highest BCUT2D eigenvalue weighted by Gasteiger charge is 2.31. The van der Waals surface area contributed by atoms with Crippen molar-refractivity contribution in [1.29, 1.82) is 0 Å². The number of hydrogen-bond donors (Lipinski definition) is 0. The van der Waals surface area contributed by atoms with Crippen molar-refractivity contribution in [2.75, 3.05) is 17.9 Å². The first-order chi connectivity index (χ1) is 15.4. The number of anilines is 1. The van der Waals surface area contributed by atoms with E-state index in [1.807, 2.05) is 35.2 Å². The fourth-order valence-corrected chi connectivity index (χ4v) is 5.58. The molecule has 1 aliphatic heterocycles. The van der Waals surface area contributed by atoms with Crippen LogP contribution in [0.1, 0.15) is 28.8 Å². The van der Waals surface area contributed by atoms with Crippen LogP contribution in [0, 0.1) is 0 Å². The van der Waals surface area contributed by atoms with Gasteiger partial charge in [0.2, 0.25) is 0 Å². The first-order valence-electron chi connectivity index (χ1n) is 10.6. The average molecular weight is 469 g/mol. The molecular formula is C25H25ClN2O3S. The predicted molar refractivity (Wildman–Crippen MR) is 128 cm³/mol. The van der Waals surface area contributed by atoms with Crippen molar-refractivity contribution in [2.45, 2.75) is 30.2 Å². The highest BCUT2D eigenvalue weighted by molar-refractivity contribution is 7.92. The fraction of sp³-hybridized carbons (Fsp3) is 0.240. The monoisotopic (exact) mass is 468 g/mol. The second-order valence-corrected chi connectivity index (χ2v) is 10.3. The van der Waals surface area contributed by atoms with Crippen LogP contribution in [0.5, 0.6) is 0 Å². The number of nitrogens with zero attached hydrogens (tertiary/aromatic N) is 2. The van der Waals surface area contributed by atoms with Crippen molar-refractivity contribution in [2.24, 2.45) is 0 Å². The molecule has 5 nitrogen and oxygen atoms in total. The van der Waals surface area contributed by atoms with Gasteiger partial charge in [-0.2, -0.15) is 0 Å². The van der Waals surface area contributed by atoms with Crippen LogP contribution in [0.4, 0.5) is 5.69 Å². The van der Waals surface area contributed by atoms with Crippen LogP contribution in [0.15, 0.2) is 83.8 Å². The van der Waals surface area contributed by atoms with E-state index in [1.165, 1.54) is 23.5 Å². The first-order valence-corrected chi connectivity index (χ1v) is 12.4. The molecule has 1 heterocycles. The third-order valence-electron chi connectivity index (χ3n) is 5.91. The van der Waals surface area contributed by atoms with E-state index in [0.717, 1.165) is 18.4 Å². The van der Waals surface area contributed by atoms with E-state index < -0.39 is 10.0 Å². The van der Waals surface area contributed by atoms with Crippen molar-refractivity contribution in [3.05, 3.63) is 95.0 Å². The van der Waals surface area contributed by atoms with Gasteiger partial charge in [-0.15, -0.1) is 0 Å². The molecular weight excluding hydrogens is 444 g/mol. The standard InChI is InChI=1S/C25H25ClN2O3S/c1-27(21-11-3-2-4-12-21)32(30,31)23-14-7-10-20(18-23)25(29)28-16-8-13-22(28)17-19-9-5-6-15-24(19)26/h2-7,9-12,14-15,18,22H,8,13,16-17H2,1H3. The Morgan fingerprint density at radius 3 is 2.50 bits per heavy atom. The fourth-order valence-electron chi connectivity index (χ4n) is 4.12. The molecule has 0 saturated carbocycles. The summed E-state index contributed by atoms with van der Waals surface area (Å²) in [5.41, 5.74) is 1.95. The zero-order chi connectivity index (χ0) is 22.7. The molecule has 4 rings (SSSR count). The maximum absolute atomic E-state index is 13.3. The first kappa shape index (κ1) is 22.4. The van der Waals surface area contributed by atoms with E-state index in [9.17, 15) is 13.2 Å². The summed E-state index contributed by atoms with van der Waals surface area (Å²) >= 11 is 6.32. The summed E-state index contributed by atoms with van der Waals surface area (Å²) in [4.78, 5) is 15.3. The SMILES string of the molecule is CN(c1ccccc1)S(=O)(=O)c1cccc(C(=O)N2CCCC2Cc2ccccc2Cl)c1. The largest absolute Gasteiger partial charge is 0.335 e. The lowest BCUT2D eigenvalue weighted by molar-refractivity contribution is 0.0736. The van der Waals surface area contributed by atoms with Crippen LogP contribution < -0.4 is 4.31 Å². The van der Waals surface area contributed by atoms with Crippen LogP contribution in [0.25, 0.3) is 0 Å². The summed E-state index contributed by atoms with van der Waals surface area (Å²) in [6.07, 6.45) is 2.49. The van der Waals surface area contributed by atoms with Crippen molar-refractivity contribution < 1.29 is 13.2 Å². The van der Waals surface area contributed by atoms with Gasteiger partial charge in [-0.05, 0) is 61.2 Å². The van der Waals surface area contributed by atoms with Crippen molar-refractivity contribution >= 4 is 33.2 Å². The molecule has 7 heteroatoms. The van der Waals surface area contributed by atoms with E-state index in [2.05, 4.69) is 0 Å². The molecule has 1 unspecified atom stereocenters. The minimum absolute atomic E-state index is 0.0367. The van der Waals surface area contributed by atoms with Gasteiger partial charge in [0.05, 0.1) is 10.6 Å². The van der Waals surface area contributed by atoms with E-state index in [0.29, 0.717) is 29.2 Å². The number of amides is 1. The van der Waals surface area contributed by atoms with Crippen molar-refractivity contribution in [3.63, 3.8) is 0 Å². The topological polar surface area (TPSA) is 57.7 Å². The normalized spacial score (nSPS) is 16.2. The Hall–Kier alpha value is -2.83. The number of sulfonamides is 1. The molecule has 1 amide bonds. The smallest absolute Gasteiger partial charge is 0.264 e. The highest BCUT2D eigenvalue weighted by atomic mass is 35.5. The van der Waals surface area contributed by atoms with Gasteiger partial charge in [0.15, 0.2) is 0 Å². The summed E-state index contributed by atoms with van der Waals surface area (Å²) in [6, 6.07) is 22.9. The number of carbonyl (C=O) groups is 1. The van der Waals surface area contributed by atoms with Gasteiger partial charge in [-0.1, -0.05) is 54.1 Å². The van der Waals surface area contributed by atoms with E-state index in [4.69, 9.17) is 11.6 Å². The number of para-hydroxylation sites is 1. The minimum atomic E-state index is -3.79. The average Bonchev–Trinajstić information content (AvgIpc) is 3.28. The Morgan fingerprint density at radius 1 is 1.03 bits per heavy atom. The number of halogens is 1. The molecule has 1 atom stereocenters. The van der Waals surface area contributed by atoms with Crippen LogP contribution in [-0.2, 0) is 16.4 Å². The second-order valence-electron chi connectivity index (χ2n) is 7.93. The molecule has 0 spiro atoms. The van der Waals surface area contributed by atoms with Crippen LogP contribution in [0.3, 0.4) is 0 Å². The molecule has 3 aromatic carbocycles. The molecule has 3 aromatic rings. The molecule has 1 fully saturated rings. The van der Waals surface area contributed by atoms with Gasteiger partial charge in [0.25, 0.3) is 15.9 Å². The lowest BCUT2D eigenvalue weighted by atomic mass is 10.0. The minimum Gasteiger partial charge on any atom is -0.335 e. The second kappa shape index (κ2) is 9.35. The van der Waals surface area contributed by atoms with Gasteiger partial charge in [-0.25, -0.2) is 8.42 Å². The maximum atomic E-state index is 13.3. The summed E-state index contributed by atoms with van der Waals surface area (Å²) < 4.78 is 27.5. The van der Waals surface area contributed by atoms with Gasteiger partial charge in [0, 0.05) is 30.2 Å². The van der Waals surface area contributed by atoms with Crippen LogP contribution in [0.2, 0.25) is 5.02 Å².